The van der Waals surface area contributed by atoms with E-state index in [1.165, 1.54) is 17.0 Å². The third kappa shape index (κ3) is 9.68. The zero-order valence-corrected chi connectivity index (χ0v) is 26.5. The van der Waals surface area contributed by atoms with Crippen molar-refractivity contribution in [3.05, 3.63) is 101 Å². The number of benzene rings is 3. The molecule has 7 nitrogen and oxygen atoms in total. The lowest BCUT2D eigenvalue weighted by molar-refractivity contribution is -0.141. The molecule has 0 heterocycles. The van der Waals surface area contributed by atoms with Gasteiger partial charge in [-0.05, 0) is 61.9 Å². The molecule has 1 aliphatic carbocycles. The number of carbonyl (C=O) groups is 2. The number of nitrogens with zero attached hydrogens (tertiary/aromatic N) is 2. The maximum atomic E-state index is 14.0. The molecule has 230 valence electrons. The van der Waals surface area contributed by atoms with Crippen LogP contribution in [0, 0.1) is 13.8 Å². The highest BCUT2D eigenvalue weighted by atomic mass is 32.2. The van der Waals surface area contributed by atoms with Crippen LogP contribution in [0.5, 0.6) is 0 Å². The summed E-state index contributed by atoms with van der Waals surface area (Å²) in [4.78, 5) is 29.7. The minimum atomic E-state index is -3.55. The Morgan fingerprint density at radius 1 is 0.860 bits per heavy atom. The predicted octanol–water partition coefficient (Wildman–Crippen LogP) is 5.94. The number of carbonyl (C=O) groups excluding carboxylic acids is 2. The number of sulfonamides is 1. The number of nitrogens with one attached hydrogen (secondary N) is 1. The molecular formula is C35H45N3O4S. The maximum absolute atomic E-state index is 14.0. The smallest absolute Gasteiger partial charge is 0.243 e. The van der Waals surface area contributed by atoms with E-state index in [2.05, 4.69) is 5.32 Å². The maximum Gasteiger partial charge on any atom is 0.243 e. The molecule has 2 amide bonds. The summed E-state index contributed by atoms with van der Waals surface area (Å²) in [5, 5.41) is 3.27. The lowest BCUT2D eigenvalue weighted by atomic mass is 9.94. The number of hydrogen-bond acceptors (Lipinski definition) is 4. The van der Waals surface area contributed by atoms with Crippen molar-refractivity contribution in [1.29, 1.82) is 0 Å². The molecule has 0 saturated heterocycles. The Kier molecular flexibility index (Phi) is 11.4. The third-order valence-electron chi connectivity index (χ3n) is 8.14. The monoisotopic (exact) mass is 603 g/mol. The van der Waals surface area contributed by atoms with Crippen LogP contribution in [0.3, 0.4) is 0 Å². The molecule has 3 aromatic rings. The SMILES string of the molecule is Cc1ccc(CN(C(=O)CCCN(c2cccc(C)c2)S(C)(=O)=O)[C@H](Cc2ccccc2)C(=O)NC2CCCCC2)cc1. The van der Waals surface area contributed by atoms with Crippen LogP contribution in [-0.4, -0.2) is 50.0 Å². The highest BCUT2D eigenvalue weighted by molar-refractivity contribution is 7.92. The van der Waals surface area contributed by atoms with Gasteiger partial charge in [0.05, 0.1) is 11.9 Å². The number of anilines is 1. The van der Waals surface area contributed by atoms with Gasteiger partial charge in [0, 0.05) is 32.0 Å². The number of aryl methyl sites for hydroxylation is 2. The molecule has 4 rings (SSSR count). The first-order valence-electron chi connectivity index (χ1n) is 15.3. The molecule has 0 aliphatic heterocycles. The Morgan fingerprint density at radius 2 is 1.56 bits per heavy atom. The van der Waals surface area contributed by atoms with E-state index in [1.54, 1.807) is 11.0 Å². The minimum absolute atomic E-state index is 0.117. The lowest BCUT2D eigenvalue weighted by Crippen LogP contribution is -2.52. The topological polar surface area (TPSA) is 86.8 Å². The molecule has 0 bridgehead atoms. The lowest BCUT2D eigenvalue weighted by Gasteiger charge is -2.34. The van der Waals surface area contributed by atoms with Crippen LogP contribution in [0.2, 0.25) is 0 Å². The summed E-state index contributed by atoms with van der Waals surface area (Å²) >= 11 is 0. The molecule has 3 aromatic carbocycles. The third-order valence-corrected chi connectivity index (χ3v) is 9.33. The van der Waals surface area contributed by atoms with E-state index in [4.69, 9.17) is 0 Å². The minimum Gasteiger partial charge on any atom is -0.352 e. The van der Waals surface area contributed by atoms with Crippen LogP contribution in [0.25, 0.3) is 0 Å². The summed E-state index contributed by atoms with van der Waals surface area (Å²) in [5.74, 6) is -0.299. The van der Waals surface area contributed by atoms with E-state index < -0.39 is 16.1 Å². The standard InChI is InChI=1S/C35H45N3O4S/c1-27-19-21-30(22-20-27)26-37(34(39)18-11-23-38(43(3,41)42)32-17-10-12-28(2)24-32)33(25-29-13-6-4-7-14-29)35(40)36-31-15-8-5-9-16-31/h4,6-7,10,12-14,17,19-22,24,31,33H,5,8-9,11,15-16,18,23,25-26H2,1-3H3,(H,36,40)/t33-/m1/s1. The molecular weight excluding hydrogens is 558 g/mol. The first-order chi connectivity index (χ1) is 20.6. The van der Waals surface area contributed by atoms with Crippen molar-refractivity contribution in [3.8, 4) is 0 Å². The molecule has 0 spiro atoms. The van der Waals surface area contributed by atoms with Gasteiger partial charge in [0.1, 0.15) is 6.04 Å². The van der Waals surface area contributed by atoms with Crippen molar-refractivity contribution in [2.24, 2.45) is 0 Å². The number of amides is 2. The van der Waals surface area contributed by atoms with Gasteiger partial charge >= 0.3 is 0 Å². The molecule has 0 unspecified atom stereocenters. The molecule has 8 heteroatoms. The van der Waals surface area contributed by atoms with Crippen molar-refractivity contribution in [2.45, 2.75) is 83.8 Å². The number of hydrogen-bond donors (Lipinski definition) is 1. The molecule has 1 N–H and O–H groups in total. The quantitative estimate of drug-likeness (QED) is 0.262. The summed E-state index contributed by atoms with van der Waals surface area (Å²) in [6.07, 6.45) is 7.31. The van der Waals surface area contributed by atoms with Crippen molar-refractivity contribution >= 4 is 27.5 Å². The van der Waals surface area contributed by atoms with Gasteiger partial charge in [-0.15, -0.1) is 0 Å². The fourth-order valence-corrected chi connectivity index (χ4v) is 6.73. The van der Waals surface area contributed by atoms with Crippen LogP contribution >= 0.6 is 0 Å². The second-order valence-corrected chi connectivity index (χ2v) is 13.7. The van der Waals surface area contributed by atoms with E-state index in [0.29, 0.717) is 25.1 Å². The normalized spacial score (nSPS) is 14.6. The highest BCUT2D eigenvalue weighted by Gasteiger charge is 2.32. The van der Waals surface area contributed by atoms with Crippen LogP contribution < -0.4 is 9.62 Å². The Bertz CT molecular complexity index is 1450. The number of rotatable bonds is 13. The summed E-state index contributed by atoms with van der Waals surface area (Å²) in [6.45, 7) is 4.40. The Hall–Kier alpha value is -3.65. The van der Waals surface area contributed by atoms with Gasteiger partial charge < -0.3 is 10.2 Å². The second-order valence-electron chi connectivity index (χ2n) is 11.8. The van der Waals surface area contributed by atoms with Crippen LogP contribution in [0.4, 0.5) is 5.69 Å². The average molecular weight is 604 g/mol. The van der Waals surface area contributed by atoms with E-state index in [1.807, 2.05) is 86.6 Å². The van der Waals surface area contributed by atoms with E-state index in [9.17, 15) is 18.0 Å². The largest absolute Gasteiger partial charge is 0.352 e. The summed E-state index contributed by atoms with van der Waals surface area (Å²) in [5.41, 5.74) is 4.59. The fourth-order valence-electron chi connectivity index (χ4n) is 5.78. The first-order valence-corrected chi connectivity index (χ1v) is 17.2. The Labute approximate surface area is 257 Å². The van der Waals surface area contributed by atoms with Gasteiger partial charge in [-0.2, -0.15) is 0 Å². The Balaban J connectivity index is 1.58. The Morgan fingerprint density at radius 3 is 2.21 bits per heavy atom. The molecule has 0 radical (unpaired) electrons. The summed E-state index contributed by atoms with van der Waals surface area (Å²) < 4.78 is 26.7. The molecule has 1 saturated carbocycles. The summed E-state index contributed by atoms with van der Waals surface area (Å²) in [6, 6.07) is 24.6. The van der Waals surface area contributed by atoms with Crippen molar-refractivity contribution in [2.75, 3.05) is 17.1 Å². The van der Waals surface area contributed by atoms with E-state index in [-0.39, 0.29) is 30.8 Å². The van der Waals surface area contributed by atoms with Gasteiger partial charge in [0.25, 0.3) is 0 Å². The molecule has 43 heavy (non-hydrogen) atoms. The van der Waals surface area contributed by atoms with Crippen LogP contribution in [0.15, 0.2) is 78.9 Å². The zero-order chi connectivity index (χ0) is 30.8. The van der Waals surface area contributed by atoms with Crippen LogP contribution in [-0.2, 0) is 32.6 Å². The van der Waals surface area contributed by atoms with E-state index >= 15 is 0 Å². The van der Waals surface area contributed by atoms with Gasteiger partial charge in [0.15, 0.2) is 0 Å². The van der Waals surface area contributed by atoms with Gasteiger partial charge in [-0.1, -0.05) is 91.6 Å². The second kappa shape index (κ2) is 15.2. The fraction of sp³-hybridized carbons (Fsp3) is 0.429. The predicted molar refractivity (Wildman–Crippen MR) is 173 cm³/mol. The molecule has 0 aromatic heterocycles. The molecule has 1 atom stereocenters. The highest BCUT2D eigenvalue weighted by Crippen LogP contribution is 2.22. The van der Waals surface area contributed by atoms with Gasteiger partial charge in [0.2, 0.25) is 21.8 Å². The molecule has 1 aliphatic rings. The summed E-state index contributed by atoms with van der Waals surface area (Å²) in [7, 11) is -3.55. The van der Waals surface area contributed by atoms with E-state index in [0.717, 1.165) is 47.9 Å². The van der Waals surface area contributed by atoms with Crippen molar-refractivity contribution in [1.82, 2.24) is 10.2 Å². The van der Waals surface area contributed by atoms with Gasteiger partial charge in [-0.3, -0.25) is 13.9 Å². The first kappa shape index (κ1) is 32.3. The van der Waals surface area contributed by atoms with Gasteiger partial charge in [-0.25, -0.2) is 8.42 Å². The van der Waals surface area contributed by atoms with Crippen molar-refractivity contribution in [3.63, 3.8) is 0 Å². The zero-order valence-electron chi connectivity index (χ0n) is 25.7. The average Bonchev–Trinajstić information content (AvgIpc) is 2.98. The van der Waals surface area contributed by atoms with Crippen molar-refractivity contribution < 1.29 is 18.0 Å². The molecule has 1 fully saturated rings. The van der Waals surface area contributed by atoms with Crippen LogP contribution in [0.1, 0.15) is 67.2 Å².